The third-order valence-corrected chi connectivity index (χ3v) is 6.67. The van der Waals surface area contributed by atoms with Gasteiger partial charge in [-0.25, -0.2) is 17.6 Å². The molecule has 0 bridgehead atoms. The van der Waals surface area contributed by atoms with Gasteiger partial charge in [0.2, 0.25) is 0 Å². The van der Waals surface area contributed by atoms with Crippen LogP contribution in [0.3, 0.4) is 0 Å². The van der Waals surface area contributed by atoms with E-state index in [1.54, 1.807) is 42.5 Å². The lowest BCUT2D eigenvalue weighted by Gasteiger charge is -2.27. The van der Waals surface area contributed by atoms with Crippen LogP contribution in [0.15, 0.2) is 67.8 Å². The van der Waals surface area contributed by atoms with Gasteiger partial charge < -0.3 is 0 Å². The summed E-state index contributed by atoms with van der Waals surface area (Å²) < 4.78 is 58.9. The fourth-order valence-electron chi connectivity index (χ4n) is 4.59. The molecule has 0 nitrogen and oxygen atoms in total. The van der Waals surface area contributed by atoms with Crippen LogP contribution in [-0.4, -0.2) is 0 Å². The molecule has 0 N–H and O–H groups in total. The van der Waals surface area contributed by atoms with E-state index in [2.05, 4.69) is 20.1 Å². The SMILES string of the molecule is C=C/C=C(\C=C/Cc1ccc(C2CCC(C)CC2)c(F)c1F)c1ccc(CCC=C)c(F)c1F. The van der Waals surface area contributed by atoms with Crippen molar-refractivity contribution in [2.24, 2.45) is 5.92 Å². The van der Waals surface area contributed by atoms with Gasteiger partial charge in [-0.1, -0.05) is 81.0 Å². The van der Waals surface area contributed by atoms with Crippen LogP contribution in [0.1, 0.15) is 67.2 Å². The lowest BCUT2D eigenvalue weighted by atomic mass is 9.79. The summed E-state index contributed by atoms with van der Waals surface area (Å²) in [6.45, 7) is 9.43. The second-order valence-corrected chi connectivity index (χ2v) is 9.09. The van der Waals surface area contributed by atoms with Crippen molar-refractivity contribution in [3.05, 3.63) is 113 Å². The van der Waals surface area contributed by atoms with E-state index in [1.165, 1.54) is 12.1 Å². The van der Waals surface area contributed by atoms with Crippen molar-refractivity contribution in [2.75, 3.05) is 0 Å². The molecule has 1 aliphatic carbocycles. The maximum Gasteiger partial charge on any atom is 0.166 e. The Morgan fingerprint density at radius 2 is 1.56 bits per heavy atom. The molecule has 1 aliphatic rings. The van der Waals surface area contributed by atoms with Gasteiger partial charge in [-0.15, -0.1) is 6.58 Å². The van der Waals surface area contributed by atoms with E-state index in [1.807, 2.05) is 0 Å². The van der Waals surface area contributed by atoms with Crippen molar-refractivity contribution in [2.45, 2.75) is 57.8 Å². The highest BCUT2D eigenvalue weighted by Gasteiger charge is 2.24. The molecule has 0 radical (unpaired) electrons. The Morgan fingerprint density at radius 3 is 2.24 bits per heavy atom. The molecule has 0 unspecified atom stereocenters. The van der Waals surface area contributed by atoms with Crippen molar-refractivity contribution in [1.82, 2.24) is 0 Å². The highest BCUT2D eigenvalue weighted by molar-refractivity contribution is 5.75. The molecule has 0 atom stereocenters. The topological polar surface area (TPSA) is 0 Å². The Morgan fingerprint density at radius 1 is 0.882 bits per heavy atom. The zero-order chi connectivity index (χ0) is 24.7. The smallest absolute Gasteiger partial charge is 0.166 e. The van der Waals surface area contributed by atoms with Crippen molar-refractivity contribution in [3.63, 3.8) is 0 Å². The first-order valence-electron chi connectivity index (χ1n) is 11.9. The van der Waals surface area contributed by atoms with E-state index in [0.29, 0.717) is 29.9 Å². The van der Waals surface area contributed by atoms with E-state index in [0.717, 1.165) is 25.7 Å². The standard InChI is InChI=1S/C30H32F4/c1-4-6-9-23-16-18-25(29(33)27(23)31)21(8-5-2)10-7-11-24-17-19-26(30(34)28(24)32)22-14-12-20(3)13-15-22/h4-5,7-8,10,16-20,22H,1-2,6,9,11-15H2,3H3/b10-7-,21-8+. The Hall–Kier alpha value is -2.88. The predicted molar refractivity (Wildman–Crippen MR) is 133 cm³/mol. The van der Waals surface area contributed by atoms with Crippen LogP contribution in [0.2, 0.25) is 0 Å². The normalized spacial score (nSPS) is 18.9. The minimum atomic E-state index is -0.942. The van der Waals surface area contributed by atoms with Crippen LogP contribution in [0.4, 0.5) is 17.6 Å². The number of hydrogen-bond donors (Lipinski definition) is 0. The van der Waals surface area contributed by atoms with Crippen LogP contribution in [0.25, 0.3) is 5.57 Å². The maximum absolute atomic E-state index is 14.8. The fourth-order valence-corrected chi connectivity index (χ4v) is 4.59. The first-order valence-corrected chi connectivity index (χ1v) is 11.9. The summed E-state index contributed by atoms with van der Waals surface area (Å²) in [5, 5.41) is 0. The van der Waals surface area contributed by atoms with E-state index >= 15 is 0 Å². The maximum atomic E-state index is 14.8. The average Bonchev–Trinajstić information content (AvgIpc) is 2.83. The minimum Gasteiger partial charge on any atom is -0.203 e. The second-order valence-electron chi connectivity index (χ2n) is 9.09. The monoisotopic (exact) mass is 468 g/mol. The number of aryl methyl sites for hydroxylation is 1. The van der Waals surface area contributed by atoms with Gasteiger partial charge in [-0.2, -0.15) is 0 Å². The average molecular weight is 469 g/mol. The van der Waals surface area contributed by atoms with Crippen molar-refractivity contribution >= 4 is 5.57 Å². The van der Waals surface area contributed by atoms with Gasteiger partial charge >= 0.3 is 0 Å². The minimum absolute atomic E-state index is 0.0599. The third-order valence-electron chi connectivity index (χ3n) is 6.67. The van der Waals surface area contributed by atoms with Crippen molar-refractivity contribution in [1.29, 1.82) is 0 Å². The Bertz CT molecular complexity index is 1090. The molecule has 34 heavy (non-hydrogen) atoms. The lowest BCUT2D eigenvalue weighted by Crippen LogP contribution is -2.13. The number of allylic oxidation sites excluding steroid dienone is 6. The summed E-state index contributed by atoms with van der Waals surface area (Å²) in [6.07, 6.45) is 12.7. The molecule has 0 aromatic heterocycles. The van der Waals surface area contributed by atoms with Crippen molar-refractivity contribution in [3.8, 4) is 0 Å². The van der Waals surface area contributed by atoms with Crippen LogP contribution in [0, 0.1) is 29.2 Å². The van der Waals surface area contributed by atoms with Gasteiger partial charge in [0.25, 0.3) is 0 Å². The van der Waals surface area contributed by atoms with E-state index in [-0.39, 0.29) is 29.0 Å². The largest absolute Gasteiger partial charge is 0.203 e. The predicted octanol–water partition coefficient (Wildman–Crippen LogP) is 9.02. The molecule has 0 spiro atoms. The van der Waals surface area contributed by atoms with Crippen molar-refractivity contribution < 1.29 is 17.6 Å². The summed E-state index contributed by atoms with van der Waals surface area (Å²) >= 11 is 0. The molecule has 1 saturated carbocycles. The highest BCUT2D eigenvalue weighted by Crippen LogP contribution is 2.37. The van der Waals surface area contributed by atoms with Gasteiger partial charge in [-0.3, -0.25) is 0 Å². The summed E-state index contributed by atoms with van der Waals surface area (Å²) in [5.74, 6) is -2.74. The van der Waals surface area contributed by atoms with E-state index in [9.17, 15) is 17.6 Å². The van der Waals surface area contributed by atoms with Crippen LogP contribution >= 0.6 is 0 Å². The Kier molecular flexibility index (Phi) is 9.09. The molecule has 2 aromatic carbocycles. The van der Waals surface area contributed by atoms with E-state index < -0.39 is 23.3 Å². The molecule has 4 heteroatoms. The summed E-state index contributed by atoms with van der Waals surface area (Å²) in [5.41, 5.74) is 1.46. The first kappa shape index (κ1) is 25.7. The number of hydrogen-bond acceptors (Lipinski definition) is 0. The van der Waals surface area contributed by atoms with Gasteiger partial charge in [-0.05, 0) is 66.2 Å². The summed E-state index contributed by atoms with van der Waals surface area (Å²) in [4.78, 5) is 0. The zero-order valence-corrected chi connectivity index (χ0v) is 19.7. The molecular formula is C30H32F4. The first-order chi connectivity index (χ1) is 16.4. The quantitative estimate of drug-likeness (QED) is 0.196. The highest BCUT2D eigenvalue weighted by atomic mass is 19.2. The van der Waals surface area contributed by atoms with Crippen LogP contribution in [-0.2, 0) is 12.8 Å². The molecule has 1 fully saturated rings. The number of rotatable bonds is 9. The molecule has 0 aliphatic heterocycles. The van der Waals surface area contributed by atoms with Crippen LogP contribution in [0.5, 0.6) is 0 Å². The summed E-state index contributed by atoms with van der Waals surface area (Å²) in [7, 11) is 0. The fraction of sp³-hybridized carbons (Fsp3) is 0.333. The number of benzene rings is 2. The molecule has 0 amide bonds. The second kappa shape index (κ2) is 12.0. The molecule has 3 rings (SSSR count). The molecule has 0 saturated heterocycles. The van der Waals surface area contributed by atoms with Gasteiger partial charge in [0.05, 0.1) is 0 Å². The Balaban J connectivity index is 1.78. The zero-order valence-electron chi connectivity index (χ0n) is 19.7. The number of halogens is 4. The van der Waals surface area contributed by atoms with Gasteiger partial charge in [0, 0.05) is 5.56 Å². The third kappa shape index (κ3) is 5.97. The van der Waals surface area contributed by atoms with E-state index in [4.69, 9.17) is 0 Å². The molecule has 0 heterocycles. The lowest BCUT2D eigenvalue weighted by molar-refractivity contribution is 0.339. The Labute approximate surface area is 200 Å². The molecular weight excluding hydrogens is 436 g/mol. The molecule has 180 valence electrons. The van der Waals surface area contributed by atoms with Gasteiger partial charge in [0.1, 0.15) is 0 Å². The van der Waals surface area contributed by atoms with Gasteiger partial charge in [0.15, 0.2) is 23.3 Å². The van der Waals surface area contributed by atoms with Crippen LogP contribution < -0.4 is 0 Å². The molecule has 2 aromatic rings. The summed E-state index contributed by atoms with van der Waals surface area (Å²) in [6, 6.07) is 6.40.